The van der Waals surface area contributed by atoms with E-state index >= 15 is 0 Å². The Bertz CT molecular complexity index is 579. The van der Waals surface area contributed by atoms with Crippen molar-refractivity contribution in [1.82, 2.24) is 0 Å². The van der Waals surface area contributed by atoms with Gasteiger partial charge in [0.25, 0.3) is 0 Å². The van der Waals surface area contributed by atoms with Gasteiger partial charge in [-0.3, -0.25) is 0 Å². The maximum atomic E-state index is 6.13. The molecule has 1 heterocycles. The summed E-state index contributed by atoms with van der Waals surface area (Å²) in [6.07, 6.45) is 1.58. The zero-order chi connectivity index (χ0) is 15.4. The maximum Gasteiger partial charge on any atom is 0.0621 e. The average molecular weight is 311 g/mol. The lowest BCUT2D eigenvalue weighted by molar-refractivity contribution is 0.117. The van der Waals surface area contributed by atoms with E-state index in [0.717, 1.165) is 6.61 Å². The molecule has 1 aliphatic rings. The molecule has 0 spiro atoms. The number of hydrogen-bond donors (Lipinski definition) is 0. The molecule has 2 unspecified atom stereocenters. The van der Waals surface area contributed by atoms with Crippen LogP contribution in [0.15, 0.2) is 60.7 Å². The molecule has 0 bridgehead atoms. The molecule has 0 radical (unpaired) electrons. The number of benzene rings is 2. The monoisotopic (exact) mass is 310 g/mol. The SMILES string of the molecule is C[Si](C)(Cc1ccccc1)CC1OCCC1c1ccccc1. The van der Waals surface area contributed by atoms with Gasteiger partial charge in [0.05, 0.1) is 14.2 Å². The van der Waals surface area contributed by atoms with Gasteiger partial charge in [-0.2, -0.15) is 0 Å². The Balaban J connectivity index is 1.68. The molecule has 22 heavy (non-hydrogen) atoms. The first-order valence-electron chi connectivity index (χ1n) is 8.34. The molecule has 2 aromatic carbocycles. The molecular weight excluding hydrogens is 284 g/mol. The number of ether oxygens (including phenoxy) is 1. The normalized spacial score (nSPS) is 21.9. The zero-order valence-electron chi connectivity index (χ0n) is 13.7. The average Bonchev–Trinajstić information content (AvgIpc) is 2.96. The lowest BCUT2D eigenvalue weighted by Gasteiger charge is -2.29. The second-order valence-corrected chi connectivity index (χ2v) is 12.3. The lowest BCUT2D eigenvalue weighted by Crippen LogP contribution is -2.35. The van der Waals surface area contributed by atoms with Gasteiger partial charge in [0.15, 0.2) is 0 Å². The number of rotatable bonds is 5. The summed E-state index contributed by atoms with van der Waals surface area (Å²) in [7, 11) is -1.31. The molecule has 3 rings (SSSR count). The molecule has 0 aromatic heterocycles. The molecule has 0 saturated carbocycles. The highest BCUT2D eigenvalue weighted by molar-refractivity contribution is 6.77. The smallest absolute Gasteiger partial charge is 0.0621 e. The molecule has 2 aromatic rings. The van der Waals surface area contributed by atoms with Gasteiger partial charge in [0.1, 0.15) is 0 Å². The van der Waals surface area contributed by atoms with E-state index in [4.69, 9.17) is 4.74 Å². The van der Waals surface area contributed by atoms with E-state index in [1.54, 1.807) is 0 Å². The summed E-state index contributed by atoms with van der Waals surface area (Å²) >= 11 is 0. The summed E-state index contributed by atoms with van der Waals surface area (Å²) in [6.45, 7) is 5.92. The second-order valence-electron chi connectivity index (χ2n) is 7.25. The Morgan fingerprint density at radius 3 is 2.27 bits per heavy atom. The van der Waals surface area contributed by atoms with Crippen molar-refractivity contribution in [2.24, 2.45) is 0 Å². The summed E-state index contributed by atoms with van der Waals surface area (Å²) in [6, 6.07) is 24.3. The van der Waals surface area contributed by atoms with Crippen molar-refractivity contribution in [3.63, 3.8) is 0 Å². The maximum absolute atomic E-state index is 6.13. The number of hydrogen-bond acceptors (Lipinski definition) is 1. The van der Waals surface area contributed by atoms with Crippen molar-refractivity contribution in [1.29, 1.82) is 0 Å². The van der Waals surface area contributed by atoms with Crippen LogP contribution in [0.1, 0.15) is 23.5 Å². The third kappa shape index (κ3) is 3.87. The van der Waals surface area contributed by atoms with Gasteiger partial charge in [-0.25, -0.2) is 0 Å². The van der Waals surface area contributed by atoms with Crippen molar-refractivity contribution in [3.8, 4) is 0 Å². The zero-order valence-corrected chi connectivity index (χ0v) is 14.7. The van der Waals surface area contributed by atoms with Crippen LogP contribution in [0.3, 0.4) is 0 Å². The third-order valence-corrected chi connectivity index (χ3v) is 7.59. The highest BCUT2D eigenvalue weighted by Crippen LogP contribution is 2.36. The van der Waals surface area contributed by atoms with E-state index in [-0.39, 0.29) is 0 Å². The molecule has 1 aliphatic heterocycles. The van der Waals surface area contributed by atoms with Crippen molar-refractivity contribution in [2.45, 2.75) is 43.6 Å². The molecular formula is C20H26OSi. The van der Waals surface area contributed by atoms with Crippen molar-refractivity contribution >= 4 is 8.07 Å². The van der Waals surface area contributed by atoms with Gasteiger partial charge in [-0.05, 0) is 24.1 Å². The second kappa shape index (κ2) is 6.80. The standard InChI is InChI=1S/C20H26OSi/c1-22(2,15-17-9-5-3-6-10-17)16-20-19(13-14-21-20)18-11-7-4-8-12-18/h3-12,19-20H,13-16H2,1-2H3. The molecule has 2 atom stereocenters. The van der Waals surface area contributed by atoms with Crippen LogP contribution in [0, 0.1) is 0 Å². The van der Waals surface area contributed by atoms with Gasteiger partial charge in [0, 0.05) is 12.5 Å². The predicted molar refractivity (Wildman–Crippen MR) is 96.0 cm³/mol. The first-order valence-corrected chi connectivity index (χ1v) is 11.8. The lowest BCUT2D eigenvalue weighted by atomic mass is 9.93. The Kier molecular flexibility index (Phi) is 4.80. The fraction of sp³-hybridized carbons (Fsp3) is 0.400. The molecule has 0 amide bonds. The van der Waals surface area contributed by atoms with Crippen LogP contribution in [0.25, 0.3) is 0 Å². The summed E-state index contributed by atoms with van der Waals surface area (Å²) < 4.78 is 6.13. The first-order chi connectivity index (χ1) is 10.6. The minimum atomic E-state index is -1.31. The minimum Gasteiger partial charge on any atom is -0.378 e. The molecule has 0 N–H and O–H groups in total. The van der Waals surface area contributed by atoms with Crippen LogP contribution in [-0.4, -0.2) is 20.8 Å². The molecule has 2 heteroatoms. The Morgan fingerprint density at radius 1 is 0.955 bits per heavy atom. The van der Waals surface area contributed by atoms with E-state index in [0.29, 0.717) is 12.0 Å². The quantitative estimate of drug-likeness (QED) is 0.702. The van der Waals surface area contributed by atoms with E-state index in [1.165, 1.54) is 29.6 Å². The minimum absolute atomic E-state index is 0.410. The molecule has 116 valence electrons. The summed E-state index contributed by atoms with van der Waals surface area (Å²) in [5, 5.41) is 0. The fourth-order valence-corrected chi connectivity index (χ4v) is 6.67. The summed E-state index contributed by atoms with van der Waals surface area (Å²) in [5.74, 6) is 0.587. The highest BCUT2D eigenvalue weighted by atomic mass is 28.3. The van der Waals surface area contributed by atoms with E-state index in [9.17, 15) is 0 Å². The van der Waals surface area contributed by atoms with E-state index in [2.05, 4.69) is 73.8 Å². The summed E-state index contributed by atoms with van der Waals surface area (Å²) in [4.78, 5) is 0. The van der Waals surface area contributed by atoms with Crippen LogP contribution in [0.2, 0.25) is 19.1 Å². The largest absolute Gasteiger partial charge is 0.378 e. The van der Waals surface area contributed by atoms with E-state index < -0.39 is 8.07 Å². The van der Waals surface area contributed by atoms with Crippen molar-refractivity contribution in [3.05, 3.63) is 71.8 Å². The third-order valence-electron chi connectivity index (χ3n) is 4.72. The van der Waals surface area contributed by atoms with Gasteiger partial charge in [0.2, 0.25) is 0 Å². The van der Waals surface area contributed by atoms with Gasteiger partial charge >= 0.3 is 0 Å². The van der Waals surface area contributed by atoms with Crippen LogP contribution < -0.4 is 0 Å². The van der Waals surface area contributed by atoms with Gasteiger partial charge < -0.3 is 4.74 Å². The highest BCUT2D eigenvalue weighted by Gasteiger charge is 2.35. The van der Waals surface area contributed by atoms with Crippen molar-refractivity contribution in [2.75, 3.05) is 6.61 Å². The Hall–Kier alpha value is -1.38. The first kappa shape index (κ1) is 15.5. The van der Waals surface area contributed by atoms with Crippen LogP contribution in [-0.2, 0) is 10.8 Å². The molecule has 1 nitrogen and oxygen atoms in total. The van der Waals surface area contributed by atoms with Crippen LogP contribution in [0.4, 0.5) is 0 Å². The van der Waals surface area contributed by atoms with Crippen molar-refractivity contribution < 1.29 is 4.74 Å². The predicted octanol–water partition coefficient (Wildman–Crippen LogP) is 5.05. The fourth-order valence-electron chi connectivity index (χ4n) is 3.70. The van der Waals surface area contributed by atoms with Crippen LogP contribution in [0.5, 0.6) is 0 Å². The molecule has 1 saturated heterocycles. The Morgan fingerprint density at radius 2 is 1.59 bits per heavy atom. The summed E-state index contributed by atoms with van der Waals surface area (Å²) in [5.41, 5.74) is 2.93. The van der Waals surface area contributed by atoms with Gasteiger partial charge in [-0.1, -0.05) is 79.3 Å². The molecule has 1 fully saturated rings. The topological polar surface area (TPSA) is 9.23 Å². The Labute approximate surface area is 135 Å². The molecule has 0 aliphatic carbocycles. The van der Waals surface area contributed by atoms with Crippen LogP contribution >= 0.6 is 0 Å². The van der Waals surface area contributed by atoms with Gasteiger partial charge in [-0.15, -0.1) is 0 Å². The van der Waals surface area contributed by atoms with E-state index in [1.807, 2.05) is 0 Å².